The summed E-state index contributed by atoms with van der Waals surface area (Å²) in [6, 6.07) is 0. The van der Waals surface area contributed by atoms with Crippen molar-refractivity contribution in [2.75, 3.05) is 13.6 Å². The summed E-state index contributed by atoms with van der Waals surface area (Å²) >= 11 is 0. The number of nitrogens with zero attached hydrogens (tertiary/aromatic N) is 4. The van der Waals surface area contributed by atoms with Gasteiger partial charge in [0.1, 0.15) is 12.2 Å². The topological polar surface area (TPSA) is 74.8 Å². The van der Waals surface area contributed by atoms with E-state index in [9.17, 15) is 4.79 Å². The first-order chi connectivity index (χ1) is 8.74. The third kappa shape index (κ3) is 1.91. The molecule has 3 rings (SSSR count). The second-order valence-corrected chi connectivity index (χ2v) is 4.45. The first-order valence-corrected chi connectivity index (χ1v) is 5.80. The van der Waals surface area contributed by atoms with E-state index in [4.69, 9.17) is 0 Å². The van der Waals surface area contributed by atoms with Gasteiger partial charge in [0.2, 0.25) is 0 Å². The van der Waals surface area contributed by atoms with Crippen LogP contribution in [0.15, 0.2) is 23.5 Å². The zero-order valence-corrected chi connectivity index (χ0v) is 10.1. The van der Waals surface area contributed by atoms with Crippen LogP contribution in [0.25, 0.3) is 11.4 Å². The highest BCUT2D eigenvalue weighted by Gasteiger charge is 2.19. The molecule has 0 saturated carbocycles. The second-order valence-electron chi connectivity index (χ2n) is 4.45. The number of H-pyrrole nitrogens is 1. The van der Waals surface area contributed by atoms with Crippen LogP contribution in [0.5, 0.6) is 0 Å². The summed E-state index contributed by atoms with van der Waals surface area (Å²) in [7, 11) is 2.00. The van der Waals surface area contributed by atoms with Gasteiger partial charge in [0.25, 0.3) is 5.56 Å². The Hall–Kier alpha value is -2.08. The molecule has 1 N–H and O–H groups in total. The number of rotatable bonds is 1. The van der Waals surface area contributed by atoms with Crippen molar-refractivity contribution in [2.24, 2.45) is 0 Å². The maximum atomic E-state index is 12.0. The van der Waals surface area contributed by atoms with Crippen LogP contribution < -0.4 is 5.56 Å². The molecule has 0 aliphatic carbocycles. The number of hydrogen-bond donors (Lipinski definition) is 1. The van der Waals surface area contributed by atoms with Crippen LogP contribution >= 0.6 is 0 Å². The molecule has 18 heavy (non-hydrogen) atoms. The molecule has 2 aromatic rings. The van der Waals surface area contributed by atoms with Crippen molar-refractivity contribution in [3.05, 3.63) is 40.3 Å². The molecule has 0 amide bonds. The third-order valence-electron chi connectivity index (χ3n) is 3.09. The highest BCUT2D eigenvalue weighted by atomic mass is 16.1. The van der Waals surface area contributed by atoms with Gasteiger partial charge in [0.05, 0.1) is 16.8 Å². The average molecular weight is 243 g/mol. The minimum atomic E-state index is -0.0644. The van der Waals surface area contributed by atoms with E-state index in [2.05, 4.69) is 24.8 Å². The summed E-state index contributed by atoms with van der Waals surface area (Å²) < 4.78 is 0. The smallest absolute Gasteiger partial charge is 0.255 e. The highest BCUT2D eigenvalue weighted by Crippen LogP contribution is 2.16. The van der Waals surface area contributed by atoms with E-state index in [-0.39, 0.29) is 5.56 Å². The Bertz CT molecular complexity index is 622. The summed E-state index contributed by atoms with van der Waals surface area (Å²) in [6.07, 6.45) is 5.55. The minimum absolute atomic E-state index is 0.0644. The molecular weight excluding hydrogens is 230 g/mol. The first kappa shape index (κ1) is 11.0. The Labute approximate surface area is 104 Å². The van der Waals surface area contributed by atoms with E-state index >= 15 is 0 Å². The zero-order chi connectivity index (χ0) is 12.5. The van der Waals surface area contributed by atoms with Gasteiger partial charge in [-0.1, -0.05) is 0 Å². The van der Waals surface area contributed by atoms with Crippen molar-refractivity contribution >= 4 is 0 Å². The van der Waals surface area contributed by atoms with E-state index in [0.717, 1.165) is 29.8 Å². The van der Waals surface area contributed by atoms with Crippen molar-refractivity contribution < 1.29 is 0 Å². The van der Waals surface area contributed by atoms with Gasteiger partial charge in [0.15, 0.2) is 0 Å². The quantitative estimate of drug-likeness (QED) is 0.775. The lowest BCUT2D eigenvalue weighted by atomic mass is 10.1. The summed E-state index contributed by atoms with van der Waals surface area (Å²) in [5, 5.41) is 0. The molecule has 3 heterocycles. The van der Waals surface area contributed by atoms with E-state index in [1.54, 1.807) is 12.4 Å². The summed E-state index contributed by atoms with van der Waals surface area (Å²) in [5.74, 6) is 0.545. The molecule has 6 heteroatoms. The largest absolute Gasteiger partial charge is 0.306 e. The van der Waals surface area contributed by atoms with E-state index in [1.807, 2.05) is 7.05 Å². The Kier molecular flexibility index (Phi) is 2.64. The van der Waals surface area contributed by atoms with E-state index in [0.29, 0.717) is 12.4 Å². The molecule has 1 aliphatic rings. The molecular formula is C12H13N5O. The summed E-state index contributed by atoms with van der Waals surface area (Å²) in [6.45, 7) is 1.58. The van der Waals surface area contributed by atoms with Crippen LogP contribution in [0.3, 0.4) is 0 Å². The van der Waals surface area contributed by atoms with Gasteiger partial charge in [-0.2, -0.15) is 0 Å². The predicted molar refractivity (Wildman–Crippen MR) is 65.9 cm³/mol. The van der Waals surface area contributed by atoms with Gasteiger partial charge in [-0.05, 0) is 7.05 Å². The lowest BCUT2D eigenvalue weighted by molar-refractivity contribution is 0.307. The third-order valence-corrected chi connectivity index (χ3v) is 3.09. The Balaban J connectivity index is 2.10. The minimum Gasteiger partial charge on any atom is -0.306 e. The molecule has 92 valence electrons. The number of nitrogens with one attached hydrogen (secondary N) is 1. The molecule has 0 spiro atoms. The van der Waals surface area contributed by atoms with E-state index in [1.165, 1.54) is 6.33 Å². The molecule has 1 aliphatic heterocycles. The molecule has 0 atom stereocenters. The highest BCUT2D eigenvalue weighted by molar-refractivity contribution is 5.52. The lowest BCUT2D eigenvalue weighted by Gasteiger charge is -2.23. The van der Waals surface area contributed by atoms with Crippen molar-refractivity contribution in [1.82, 2.24) is 24.8 Å². The zero-order valence-electron chi connectivity index (χ0n) is 10.1. The number of hydrogen-bond acceptors (Lipinski definition) is 5. The fourth-order valence-electron chi connectivity index (χ4n) is 2.12. The van der Waals surface area contributed by atoms with Gasteiger partial charge in [0, 0.05) is 31.9 Å². The summed E-state index contributed by atoms with van der Waals surface area (Å²) in [5.41, 5.74) is 2.32. The monoisotopic (exact) mass is 243 g/mol. The number of likely N-dealkylation sites (N-methyl/N-ethyl adjacent to an activating group) is 1. The van der Waals surface area contributed by atoms with Crippen LogP contribution in [-0.2, 0) is 13.0 Å². The van der Waals surface area contributed by atoms with Crippen molar-refractivity contribution in [1.29, 1.82) is 0 Å². The number of fused-ring (bicyclic) bond motifs is 1. The fourth-order valence-corrected chi connectivity index (χ4v) is 2.12. The van der Waals surface area contributed by atoms with Crippen molar-refractivity contribution in [2.45, 2.75) is 13.0 Å². The first-order valence-electron chi connectivity index (χ1n) is 5.80. The van der Waals surface area contributed by atoms with Crippen LogP contribution in [-0.4, -0.2) is 38.4 Å². The Morgan fingerprint density at radius 1 is 1.33 bits per heavy atom. The maximum absolute atomic E-state index is 12.0. The van der Waals surface area contributed by atoms with Crippen LogP contribution in [0.1, 0.15) is 11.3 Å². The second kappa shape index (κ2) is 4.30. The number of aromatic amines is 1. The average Bonchev–Trinajstić information content (AvgIpc) is 2.40. The molecule has 0 saturated heterocycles. The predicted octanol–water partition coefficient (Wildman–Crippen LogP) is 0.215. The van der Waals surface area contributed by atoms with Gasteiger partial charge in [-0.15, -0.1) is 0 Å². The molecule has 0 unspecified atom stereocenters. The van der Waals surface area contributed by atoms with Crippen LogP contribution in [0.4, 0.5) is 0 Å². The fraction of sp³-hybridized carbons (Fsp3) is 0.333. The van der Waals surface area contributed by atoms with Crippen molar-refractivity contribution in [3.63, 3.8) is 0 Å². The summed E-state index contributed by atoms with van der Waals surface area (Å²) in [4.78, 5) is 29.3. The number of aromatic nitrogens is 4. The standard InChI is InChI=1S/C12H13N5O/c1-17-3-2-10-9(6-17)12(18)16-11(15-10)8-4-13-7-14-5-8/h4-5,7H,2-3,6H2,1H3,(H,15,16,18). The van der Waals surface area contributed by atoms with Crippen LogP contribution in [0.2, 0.25) is 0 Å². The van der Waals surface area contributed by atoms with Crippen LogP contribution in [0, 0.1) is 0 Å². The molecule has 0 bridgehead atoms. The van der Waals surface area contributed by atoms with Crippen molar-refractivity contribution in [3.8, 4) is 11.4 Å². The van der Waals surface area contributed by atoms with Gasteiger partial charge >= 0.3 is 0 Å². The molecule has 0 aromatic carbocycles. The van der Waals surface area contributed by atoms with Gasteiger partial charge < -0.3 is 9.88 Å². The molecule has 0 fully saturated rings. The maximum Gasteiger partial charge on any atom is 0.255 e. The van der Waals surface area contributed by atoms with Gasteiger partial charge in [-0.3, -0.25) is 4.79 Å². The Morgan fingerprint density at radius 3 is 2.89 bits per heavy atom. The molecule has 6 nitrogen and oxygen atoms in total. The van der Waals surface area contributed by atoms with E-state index < -0.39 is 0 Å². The van der Waals surface area contributed by atoms with Gasteiger partial charge in [-0.25, -0.2) is 15.0 Å². The normalized spacial score (nSPS) is 15.4. The molecule has 0 radical (unpaired) electrons. The SMILES string of the molecule is CN1CCc2nc(-c3cncnc3)[nH]c(=O)c2C1. The molecule has 2 aromatic heterocycles. The Morgan fingerprint density at radius 2 is 2.11 bits per heavy atom. The lowest BCUT2D eigenvalue weighted by Crippen LogP contribution is -2.33.